The number of rotatable bonds is 6. The highest BCUT2D eigenvalue weighted by Gasteiger charge is 2.19. The fourth-order valence-electron chi connectivity index (χ4n) is 2.26. The SMILES string of the molecule is COc1ncc(C(=O)N(C)[C@H](C)Cc2ccccc2OC)cn1. The Hall–Kier alpha value is -2.63. The average Bonchev–Trinajstić information content (AvgIpc) is 2.61. The normalized spacial score (nSPS) is 11.7. The Morgan fingerprint density at radius 3 is 2.43 bits per heavy atom. The molecule has 0 fully saturated rings. The number of ether oxygens (including phenoxy) is 2. The Kier molecular flexibility index (Phi) is 5.51. The molecule has 0 spiro atoms. The monoisotopic (exact) mass is 315 g/mol. The van der Waals surface area contributed by atoms with Crippen molar-refractivity contribution in [3.63, 3.8) is 0 Å². The number of carbonyl (C=O) groups excluding carboxylic acids is 1. The zero-order valence-electron chi connectivity index (χ0n) is 13.8. The van der Waals surface area contributed by atoms with Gasteiger partial charge in [-0.15, -0.1) is 0 Å². The number of nitrogens with zero attached hydrogens (tertiary/aromatic N) is 3. The molecule has 0 bridgehead atoms. The van der Waals surface area contributed by atoms with Crippen molar-refractivity contribution in [1.82, 2.24) is 14.9 Å². The third-order valence-electron chi connectivity index (χ3n) is 3.75. The molecule has 1 aromatic heterocycles. The van der Waals surface area contributed by atoms with E-state index in [0.29, 0.717) is 12.0 Å². The van der Waals surface area contributed by atoms with Crippen LogP contribution in [0.3, 0.4) is 0 Å². The molecule has 1 amide bonds. The highest BCUT2D eigenvalue weighted by atomic mass is 16.5. The summed E-state index contributed by atoms with van der Waals surface area (Å²) in [6, 6.07) is 8.05. The second kappa shape index (κ2) is 7.58. The fourth-order valence-corrected chi connectivity index (χ4v) is 2.26. The van der Waals surface area contributed by atoms with Gasteiger partial charge in [0.1, 0.15) is 5.75 Å². The minimum absolute atomic E-state index is 0.000835. The van der Waals surface area contributed by atoms with Crippen molar-refractivity contribution < 1.29 is 14.3 Å². The molecule has 0 N–H and O–H groups in total. The minimum Gasteiger partial charge on any atom is -0.496 e. The number of hydrogen-bond acceptors (Lipinski definition) is 5. The lowest BCUT2D eigenvalue weighted by atomic mass is 10.0. The van der Waals surface area contributed by atoms with Crippen molar-refractivity contribution in [2.24, 2.45) is 0 Å². The Morgan fingerprint density at radius 1 is 1.17 bits per heavy atom. The first-order chi connectivity index (χ1) is 11.1. The number of aromatic nitrogens is 2. The first-order valence-corrected chi connectivity index (χ1v) is 7.32. The van der Waals surface area contributed by atoms with Gasteiger partial charge < -0.3 is 14.4 Å². The molecule has 0 saturated heterocycles. The van der Waals surface area contributed by atoms with Gasteiger partial charge in [0.25, 0.3) is 5.91 Å². The molecule has 23 heavy (non-hydrogen) atoms. The number of hydrogen-bond donors (Lipinski definition) is 0. The largest absolute Gasteiger partial charge is 0.496 e. The maximum absolute atomic E-state index is 12.5. The summed E-state index contributed by atoms with van der Waals surface area (Å²) in [5, 5.41) is 0. The van der Waals surface area contributed by atoms with E-state index in [2.05, 4.69) is 9.97 Å². The predicted molar refractivity (Wildman–Crippen MR) is 86.8 cm³/mol. The van der Waals surface area contributed by atoms with Gasteiger partial charge in [0.15, 0.2) is 0 Å². The summed E-state index contributed by atoms with van der Waals surface area (Å²) in [4.78, 5) is 22.1. The van der Waals surface area contributed by atoms with Crippen LogP contribution in [-0.4, -0.2) is 48.1 Å². The number of amides is 1. The van der Waals surface area contributed by atoms with Crippen molar-refractivity contribution in [2.45, 2.75) is 19.4 Å². The summed E-state index contributed by atoms with van der Waals surface area (Å²) in [5.74, 6) is 0.697. The molecule has 0 radical (unpaired) electrons. The van der Waals surface area contributed by atoms with E-state index in [9.17, 15) is 4.79 Å². The Labute approximate surface area is 136 Å². The van der Waals surface area contributed by atoms with Gasteiger partial charge >= 0.3 is 6.01 Å². The molecule has 2 rings (SSSR count). The predicted octanol–water partition coefficient (Wildman–Crippen LogP) is 2.20. The van der Waals surface area contributed by atoms with Crippen molar-refractivity contribution in [2.75, 3.05) is 21.3 Å². The van der Waals surface area contributed by atoms with Crippen LogP contribution in [0, 0.1) is 0 Å². The van der Waals surface area contributed by atoms with Crippen molar-refractivity contribution in [1.29, 1.82) is 0 Å². The van der Waals surface area contributed by atoms with Crippen molar-refractivity contribution >= 4 is 5.91 Å². The minimum atomic E-state index is -0.130. The van der Waals surface area contributed by atoms with E-state index in [4.69, 9.17) is 9.47 Å². The molecule has 6 heteroatoms. The summed E-state index contributed by atoms with van der Waals surface area (Å²) < 4.78 is 10.3. The third kappa shape index (κ3) is 3.97. The average molecular weight is 315 g/mol. The van der Waals surface area contributed by atoms with Crippen LogP contribution >= 0.6 is 0 Å². The van der Waals surface area contributed by atoms with Crippen LogP contribution in [0.5, 0.6) is 11.8 Å². The van der Waals surface area contributed by atoms with Crippen LogP contribution in [0.2, 0.25) is 0 Å². The van der Waals surface area contributed by atoms with Crippen molar-refractivity contribution in [3.8, 4) is 11.8 Å². The molecule has 0 saturated carbocycles. The molecule has 6 nitrogen and oxygen atoms in total. The highest BCUT2D eigenvalue weighted by Crippen LogP contribution is 2.20. The molecular formula is C17H21N3O3. The topological polar surface area (TPSA) is 64.5 Å². The number of methoxy groups -OCH3 is 2. The Balaban J connectivity index is 2.08. The quantitative estimate of drug-likeness (QED) is 0.817. The van der Waals surface area contributed by atoms with Crippen LogP contribution in [0.25, 0.3) is 0 Å². The van der Waals surface area contributed by atoms with Gasteiger partial charge in [-0.3, -0.25) is 4.79 Å². The lowest BCUT2D eigenvalue weighted by Gasteiger charge is -2.25. The first kappa shape index (κ1) is 16.7. The van der Waals surface area contributed by atoms with E-state index in [1.165, 1.54) is 19.5 Å². The molecule has 1 atom stereocenters. The number of benzene rings is 1. The molecule has 0 unspecified atom stereocenters. The van der Waals surface area contributed by atoms with E-state index < -0.39 is 0 Å². The standard InChI is InChI=1S/C17H21N3O3/c1-12(9-13-7-5-6-8-15(13)22-3)20(2)16(21)14-10-18-17(23-4)19-11-14/h5-8,10-12H,9H2,1-4H3/t12-/m1/s1. The summed E-state index contributed by atoms with van der Waals surface area (Å²) >= 11 is 0. The summed E-state index contributed by atoms with van der Waals surface area (Å²) in [6.07, 6.45) is 3.64. The van der Waals surface area contributed by atoms with Gasteiger partial charge in [0.05, 0.1) is 19.8 Å². The van der Waals surface area contributed by atoms with Crippen LogP contribution in [0.4, 0.5) is 0 Å². The van der Waals surface area contributed by atoms with Crippen LogP contribution in [0.15, 0.2) is 36.7 Å². The van der Waals surface area contributed by atoms with E-state index in [1.54, 1.807) is 19.1 Å². The van der Waals surface area contributed by atoms with E-state index >= 15 is 0 Å². The summed E-state index contributed by atoms with van der Waals surface area (Å²) in [5.41, 5.74) is 1.49. The molecule has 1 heterocycles. The zero-order valence-corrected chi connectivity index (χ0v) is 13.8. The van der Waals surface area contributed by atoms with E-state index in [1.807, 2.05) is 31.2 Å². The van der Waals surface area contributed by atoms with Crippen LogP contribution in [-0.2, 0) is 6.42 Å². The van der Waals surface area contributed by atoms with Gasteiger partial charge in [0.2, 0.25) is 0 Å². The lowest BCUT2D eigenvalue weighted by molar-refractivity contribution is 0.0742. The first-order valence-electron chi connectivity index (χ1n) is 7.32. The van der Waals surface area contributed by atoms with Gasteiger partial charge in [-0.2, -0.15) is 0 Å². The second-order valence-electron chi connectivity index (χ2n) is 5.24. The Bertz CT molecular complexity index is 658. The smallest absolute Gasteiger partial charge is 0.316 e. The molecule has 1 aromatic carbocycles. The van der Waals surface area contributed by atoms with E-state index in [-0.39, 0.29) is 18.0 Å². The van der Waals surface area contributed by atoms with Crippen molar-refractivity contribution in [3.05, 3.63) is 47.8 Å². The van der Waals surface area contributed by atoms with Crippen LogP contribution in [0.1, 0.15) is 22.8 Å². The Morgan fingerprint density at radius 2 is 1.83 bits per heavy atom. The van der Waals surface area contributed by atoms with Gasteiger partial charge in [-0.25, -0.2) is 9.97 Å². The number of likely N-dealkylation sites (N-methyl/N-ethyl adjacent to an activating group) is 1. The molecule has 122 valence electrons. The number of para-hydroxylation sites is 1. The van der Waals surface area contributed by atoms with Gasteiger partial charge in [-0.05, 0) is 25.0 Å². The molecule has 0 aliphatic heterocycles. The number of carbonyl (C=O) groups is 1. The second-order valence-corrected chi connectivity index (χ2v) is 5.24. The van der Waals surface area contributed by atoms with Gasteiger partial charge in [-0.1, -0.05) is 18.2 Å². The lowest BCUT2D eigenvalue weighted by Crippen LogP contribution is -2.36. The van der Waals surface area contributed by atoms with E-state index in [0.717, 1.165) is 11.3 Å². The fraction of sp³-hybridized carbons (Fsp3) is 0.353. The van der Waals surface area contributed by atoms with Crippen LogP contribution < -0.4 is 9.47 Å². The molecule has 0 aliphatic rings. The summed E-state index contributed by atoms with van der Waals surface area (Å²) in [7, 11) is 4.90. The molecule has 2 aromatic rings. The molecule has 0 aliphatic carbocycles. The zero-order chi connectivity index (χ0) is 16.8. The van der Waals surface area contributed by atoms with Gasteiger partial charge in [0, 0.05) is 25.5 Å². The highest BCUT2D eigenvalue weighted by molar-refractivity contribution is 5.93. The maximum atomic E-state index is 12.5. The molecular weight excluding hydrogens is 294 g/mol. The summed E-state index contributed by atoms with van der Waals surface area (Å²) in [6.45, 7) is 1.99. The maximum Gasteiger partial charge on any atom is 0.316 e. The third-order valence-corrected chi connectivity index (χ3v) is 3.75.